The molecule has 1 aromatic carbocycles. The van der Waals surface area contributed by atoms with Gasteiger partial charge in [0.2, 0.25) is 0 Å². The van der Waals surface area contributed by atoms with Crippen molar-refractivity contribution in [1.82, 2.24) is 0 Å². The Morgan fingerprint density at radius 1 is 1.05 bits per heavy atom. The molecule has 0 fully saturated rings. The molecule has 0 atom stereocenters. The monoisotopic (exact) mass is 304 g/mol. The number of ketones is 1. The normalized spacial score (nSPS) is 11.9. The zero-order valence-corrected chi connectivity index (χ0v) is 11.8. The van der Waals surface area contributed by atoms with Crippen LogP contribution in [-0.4, -0.2) is 23.7 Å². The molecule has 0 heterocycles. The number of esters is 1. The minimum atomic E-state index is -4.79. The number of ether oxygens (including phenoxy) is 2. The molecule has 1 aromatic rings. The third kappa shape index (κ3) is 6.78. The van der Waals surface area contributed by atoms with E-state index >= 15 is 0 Å². The van der Waals surface area contributed by atoms with Gasteiger partial charge in [-0.25, -0.2) is 0 Å². The van der Waals surface area contributed by atoms with Crippen molar-refractivity contribution in [2.75, 3.05) is 0 Å². The highest BCUT2D eigenvalue weighted by Crippen LogP contribution is 2.23. The van der Waals surface area contributed by atoms with Gasteiger partial charge in [0.15, 0.2) is 5.78 Å². The first kappa shape index (κ1) is 17.0. The minimum Gasteiger partial charge on any atom is -0.460 e. The van der Waals surface area contributed by atoms with Crippen LogP contribution in [0.5, 0.6) is 5.75 Å². The third-order valence-corrected chi connectivity index (χ3v) is 2.13. The fourth-order valence-corrected chi connectivity index (χ4v) is 1.45. The minimum absolute atomic E-state index is 0.107. The fourth-order valence-electron chi connectivity index (χ4n) is 1.45. The lowest BCUT2D eigenvalue weighted by molar-refractivity contribution is -0.274. The van der Waals surface area contributed by atoms with Gasteiger partial charge < -0.3 is 9.47 Å². The van der Waals surface area contributed by atoms with Gasteiger partial charge in [0.1, 0.15) is 17.8 Å². The number of rotatable bonds is 4. The molecule has 0 N–H and O–H groups in total. The second kappa shape index (κ2) is 6.15. The maximum Gasteiger partial charge on any atom is 0.573 e. The molecule has 0 bridgehead atoms. The summed E-state index contributed by atoms with van der Waals surface area (Å²) in [5.74, 6) is -1.66. The molecule has 4 nitrogen and oxygen atoms in total. The number of benzene rings is 1. The molecule has 7 heteroatoms. The number of hydrogen-bond donors (Lipinski definition) is 0. The van der Waals surface area contributed by atoms with Crippen LogP contribution in [0.4, 0.5) is 13.2 Å². The third-order valence-electron chi connectivity index (χ3n) is 2.13. The Hall–Kier alpha value is -2.05. The molecule has 0 spiro atoms. The summed E-state index contributed by atoms with van der Waals surface area (Å²) < 4.78 is 44.6. The van der Waals surface area contributed by atoms with Crippen LogP contribution in [0, 0.1) is 0 Å². The summed E-state index contributed by atoms with van der Waals surface area (Å²) in [6.45, 7) is 5.00. The van der Waals surface area contributed by atoms with Crippen LogP contribution in [0.2, 0.25) is 0 Å². The fraction of sp³-hybridized carbons (Fsp3) is 0.429. The second-order valence-corrected chi connectivity index (χ2v) is 5.26. The molecular formula is C14H15F3O4. The first-order valence-electron chi connectivity index (χ1n) is 6.07. The van der Waals surface area contributed by atoms with E-state index in [-0.39, 0.29) is 5.56 Å². The average molecular weight is 304 g/mol. The Morgan fingerprint density at radius 2 is 1.57 bits per heavy atom. The number of hydrogen-bond acceptors (Lipinski definition) is 4. The Labute approximate surface area is 119 Å². The van der Waals surface area contributed by atoms with Crippen molar-refractivity contribution in [3.63, 3.8) is 0 Å². The summed E-state index contributed by atoms with van der Waals surface area (Å²) in [5, 5.41) is 0. The molecule has 1 rings (SSSR count). The molecule has 0 aliphatic carbocycles. The van der Waals surface area contributed by atoms with Gasteiger partial charge in [-0.2, -0.15) is 0 Å². The van der Waals surface area contributed by atoms with Crippen molar-refractivity contribution >= 4 is 11.8 Å². The summed E-state index contributed by atoms with van der Waals surface area (Å²) >= 11 is 0. The van der Waals surface area contributed by atoms with E-state index in [0.29, 0.717) is 0 Å². The molecule has 0 aliphatic rings. The van der Waals surface area contributed by atoms with E-state index in [0.717, 1.165) is 24.3 Å². The Balaban J connectivity index is 2.65. The highest BCUT2D eigenvalue weighted by Gasteiger charge is 2.31. The summed E-state index contributed by atoms with van der Waals surface area (Å²) in [7, 11) is 0. The van der Waals surface area contributed by atoms with E-state index in [1.54, 1.807) is 20.8 Å². The molecular weight excluding hydrogens is 289 g/mol. The van der Waals surface area contributed by atoms with Gasteiger partial charge in [-0.1, -0.05) is 0 Å². The number of carbonyl (C=O) groups excluding carboxylic acids is 2. The van der Waals surface area contributed by atoms with E-state index < -0.39 is 35.9 Å². The number of halogens is 3. The van der Waals surface area contributed by atoms with E-state index in [1.165, 1.54) is 0 Å². The first-order chi connectivity index (χ1) is 9.46. The van der Waals surface area contributed by atoms with Crippen molar-refractivity contribution in [3.8, 4) is 5.75 Å². The van der Waals surface area contributed by atoms with E-state index in [4.69, 9.17) is 4.74 Å². The van der Waals surface area contributed by atoms with E-state index in [2.05, 4.69) is 4.74 Å². The van der Waals surface area contributed by atoms with Crippen LogP contribution in [0.1, 0.15) is 37.6 Å². The summed E-state index contributed by atoms with van der Waals surface area (Å²) in [4.78, 5) is 23.3. The van der Waals surface area contributed by atoms with E-state index in [1.807, 2.05) is 0 Å². The van der Waals surface area contributed by atoms with Gasteiger partial charge >= 0.3 is 12.3 Å². The lowest BCUT2D eigenvalue weighted by atomic mass is 10.1. The van der Waals surface area contributed by atoms with Crippen molar-refractivity contribution in [2.45, 2.75) is 39.2 Å². The van der Waals surface area contributed by atoms with Crippen LogP contribution in [-0.2, 0) is 9.53 Å². The highest BCUT2D eigenvalue weighted by molar-refractivity contribution is 6.06. The molecule has 21 heavy (non-hydrogen) atoms. The van der Waals surface area contributed by atoms with Crippen LogP contribution in [0.25, 0.3) is 0 Å². The molecule has 0 saturated heterocycles. The van der Waals surface area contributed by atoms with Gasteiger partial charge in [-0.3, -0.25) is 9.59 Å². The van der Waals surface area contributed by atoms with Gasteiger partial charge in [0, 0.05) is 5.56 Å². The average Bonchev–Trinajstić information content (AvgIpc) is 2.24. The zero-order valence-electron chi connectivity index (χ0n) is 11.8. The molecule has 0 unspecified atom stereocenters. The van der Waals surface area contributed by atoms with Crippen LogP contribution >= 0.6 is 0 Å². The first-order valence-corrected chi connectivity index (χ1v) is 6.07. The Kier molecular flexibility index (Phi) is 4.98. The molecule has 0 aliphatic heterocycles. The predicted octanol–water partition coefficient (Wildman–Crippen LogP) is 3.50. The van der Waals surface area contributed by atoms with E-state index in [9.17, 15) is 22.8 Å². The van der Waals surface area contributed by atoms with Crippen molar-refractivity contribution in [2.24, 2.45) is 0 Å². The smallest absolute Gasteiger partial charge is 0.460 e. The lowest BCUT2D eigenvalue weighted by Crippen LogP contribution is -2.25. The van der Waals surface area contributed by atoms with Crippen molar-refractivity contribution in [3.05, 3.63) is 29.8 Å². The Bertz CT molecular complexity index is 513. The summed E-state index contributed by atoms with van der Waals surface area (Å²) in [6, 6.07) is 4.34. The SMILES string of the molecule is CC(C)(C)OC(=O)CC(=O)c1ccc(OC(F)(F)F)cc1. The largest absolute Gasteiger partial charge is 0.573 e. The number of alkyl halides is 3. The Morgan fingerprint density at radius 3 is 2.00 bits per heavy atom. The quantitative estimate of drug-likeness (QED) is 0.485. The predicted molar refractivity (Wildman–Crippen MR) is 67.9 cm³/mol. The molecule has 0 aromatic heterocycles. The molecule has 0 radical (unpaired) electrons. The second-order valence-electron chi connectivity index (χ2n) is 5.26. The van der Waals surface area contributed by atoms with Crippen molar-refractivity contribution < 1.29 is 32.2 Å². The number of Topliss-reactive ketones (excluding diaryl/α,β-unsaturated/α-hetero) is 1. The topological polar surface area (TPSA) is 52.6 Å². The van der Waals surface area contributed by atoms with Gasteiger partial charge in [0.25, 0.3) is 0 Å². The molecule has 0 amide bonds. The maximum absolute atomic E-state index is 12.0. The van der Waals surface area contributed by atoms with Crippen LogP contribution in [0.3, 0.4) is 0 Å². The van der Waals surface area contributed by atoms with Gasteiger partial charge in [0.05, 0.1) is 0 Å². The lowest BCUT2D eigenvalue weighted by Gasteiger charge is -2.19. The summed E-state index contributed by atoms with van der Waals surface area (Å²) in [5.41, 5.74) is -0.600. The number of carbonyl (C=O) groups is 2. The standard InChI is InChI=1S/C14H15F3O4/c1-13(2,3)21-12(19)8-11(18)9-4-6-10(7-5-9)20-14(15,16)17/h4-7H,8H2,1-3H3. The van der Waals surface area contributed by atoms with Crippen LogP contribution in [0.15, 0.2) is 24.3 Å². The van der Waals surface area contributed by atoms with Gasteiger partial charge in [-0.15, -0.1) is 13.2 Å². The highest BCUT2D eigenvalue weighted by atomic mass is 19.4. The maximum atomic E-state index is 12.0. The molecule has 0 saturated carbocycles. The zero-order chi connectivity index (χ0) is 16.3. The molecule has 116 valence electrons. The summed E-state index contributed by atoms with van der Waals surface area (Å²) in [6.07, 6.45) is -5.27. The van der Waals surface area contributed by atoms with Crippen LogP contribution < -0.4 is 4.74 Å². The van der Waals surface area contributed by atoms with Gasteiger partial charge in [-0.05, 0) is 45.0 Å². The van der Waals surface area contributed by atoms with Crippen molar-refractivity contribution in [1.29, 1.82) is 0 Å².